The zero-order valence-corrected chi connectivity index (χ0v) is 9.73. The lowest BCUT2D eigenvalue weighted by Gasteiger charge is -2.30. The maximum absolute atomic E-state index is 11.3. The fraction of sp³-hybridized carbons (Fsp3) is 0.538. The van der Waals surface area contributed by atoms with E-state index >= 15 is 0 Å². The first kappa shape index (κ1) is 10.7. The molecule has 4 heteroatoms. The van der Waals surface area contributed by atoms with Crippen LogP contribution in [-0.2, 0) is 4.79 Å². The fourth-order valence-corrected chi connectivity index (χ4v) is 3.11. The van der Waals surface area contributed by atoms with Gasteiger partial charge in [-0.1, -0.05) is 0 Å². The quantitative estimate of drug-likeness (QED) is 0.790. The van der Waals surface area contributed by atoms with Gasteiger partial charge in [-0.2, -0.15) is 0 Å². The first-order chi connectivity index (χ1) is 8.21. The third-order valence-electron chi connectivity index (χ3n) is 4.17. The van der Waals surface area contributed by atoms with E-state index in [1.807, 2.05) is 12.4 Å². The zero-order valence-electron chi connectivity index (χ0n) is 9.73. The highest BCUT2D eigenvalue weighted by Gasteiger charge is 2.56. The molecule has 1 saturated heterocycles. The highest BCUT2D eigenvalue weighted by molar-refractivity contribution is 5.77. The lowest BCUT2D eigenvalue weighted by molar-refractivity contribution is -0.123. The molecule has 1 spiro atoms. The Labute approximate surface area is 101 Å². The summed E-state index contributed by atoms with van der Waals surface area (Å²) in [5.74, 6) is 0.419. The summed E-state index contributed by atoms with van der Waals surface area (Å²) in [4.78, 5) is 15.3. The van der Waals surface area contributed by atoms with Crippen LogP contribution in [0.2, 0.25) is 0 Å². The lowest BCUT2D eigenvalue weighted by Crippen LogP contribution is -2.45. The molecule has 1 aliphatic carbocycles. The molecular formula is C13H17N3O. The maximum Gasteiger partial charge on any atom is 0.220 e. The molecule has 1 saturated carbocycles. The van der Waals surface area contributed by atoms with E-state index in [1.54, 1.807) is 0 Å². The average Bonchev–Trinajstić information content (AvgIpc) is 3.04. The standard InChI is InChI=1S/C13H17N3O/c14-12(17)10-3-6-16-13(7-10)8-11(13)9-1-4-15-5-2-9/h1-2,4-5,10-11,16H,3,6-8H2,(H2,14,17). The molecule has 1 aliphatic heterocycles. The van der Waals surface area contributed by atoms with Crippen molar-refractivity contribution in [3.8, 4) is 0 Å². The SMILES string of the molecule is NC(=O)C1CCNC2(C1)CC2c1ccncc1. The molecule has 0 aromatic carbocycles. The molecule has 4 nitrogen and oxygen atoms in total. The molecule has 3 rings (SSSR count). The van der Waals surface area contributed by atoms with E-state index in [1.165, 1.54) is 5.56 Å². The number of rotatable bonds is 2. The lowest BCUT2D eigenvalue weighted by atomic mass is 9.88. The van der Waals surface area contributed by atoms with Crippen molar-refractivity contribution in [2.45, 2.75) is 30.7 Å². The number of nitrogens with one attached hydrogen (secondary N) is 1. The van der Waals surface area contributed by atoms with Gasteiger partial charge in [0.15, 0.2) is 0 Å². The van der Waals surface area contributed by atoms with Gasteiger partial charge in [0, 0.05) is 29.8 Å². The molecule has 2 aliphatic rings. The van der Waals surface area contributed by atoms with E-state index in [0.29, 0.717) is 5.92 Å². The summed E-state index contributed by atoms with van der Waals surface area (Å²) in [6.07, 6.45) is 6.53. The van der Waals surface area contributed by atoms with Gasteiger partial charge < -0.3 is 11.1 Å². The number of nitrogens with zero attached hydrogens (tertiary/aromatic N) is 1. The number of pyridine rings is 1. The Morgan fingerprint density at radius 2 is 2.18 bits per heavy atom. The van der Waals surface area contributed by atoms with E-state index in [9.17, 15) is 4.79 Å². The van der Waals surface area contributed by atoms with Gasteiger partial charge in [0.05, 0.1) is 0 Å². The second-order valence-electron chi connectivity index (χ2n) is 5.21. The van der Waals surface area contributed by atoms with Crippen molar-refractivity contribution >= 4 is 5.91 Å². The topological polar surface area (TPSA) is 68.0 Å². The van der Waals surface area contributed by atoms with E-state index < -0.39 is 0 Å². The number of amides is 1. The van der Waals surface area contributed by atoms with Gasteiger partial charge in [0.2, 0.25) is 5.91 Å². The molecule has 0 radical (unpaired) electrons. The summed E-state index contributed by atoms with van der Waals surface area (Å²) in [7, 11) is 0. The number of piperidine rings is 1. The molecule has 2 fully saturated rings. The van der Waals surface area contributed by atoms with Crippen molar-refractivity contribution in [2.24, 2.45) is 11.7 Å². The van der Waals surface area contributed by atoms with Crippen LogP contribution >= 0.6 is 0 Å². The number of aromatic nitrogens is 1. The van der Waals surface area contributed by atoms with E-state index in [2.05, 4.69) is 22.4 Å². The van der Waals surface area contributed by atoms with Crippen LogP contribution in [0.3, 0.4) is 0 Å². The Morgan fingerprint density at radius 1 is 1.41 bits per heavy atom. The summed E-state index contributed by atoms with van der Waals surface area (Å²) >= 11 is 0. The normalized spacial score (nSPS) is 35.8. The van der Waals surface area contributed by atoms with Gasteiger partial charge in [0.25, 0.3) is 0 Å². The van der Waals surface area contributed by atoms with Crippen LogP contribution in [0, 0.1) is 5.92 Å². The minimum Gasteiger partial charge on any atom is -0.369 e. The third kappa shape index (κ3) is 1.82. The number of primary amides is 1. The van der Waals surface area contributed by atoms with Gasteiger partial charge in [-0.25, -0.2) is 0 Å². The largest absolute Gasteiger partial charge is 0.369 e. The minimum atomic E-state index is -0.147. The van der Waals surface area contributed by atoms with Gasteiger partial charge >= 0.3 is 0 Å². The molecule has 0 bridgehead atoms. The molecule has 1 amide bonds. The Kier molecular flexibility index (Phi) is 2.40. The van der Waals surface area contributed by atoms with Crippen molar-refractivity contribution in [1.82, 2.24) is 10.3 Å². The number of carbonyl (C=O) groups excluding carboxylic acids is 1. The fourth-order valence-electron chi connectivity index (χ4n) is 3.11. The number of carbonyl (C=O) groups is 1. The maximum atomic E-state index is 11.3. The van der Waals surface area contributed by atoms with Crippen molar-refractivity contribution in [2.75, 3.05) is 6.54 Å². The molecule has 1 aromatic heterocycles. The number of hydrogen-bond donors (Lipinski definition) is 2. The van der Waals surface area contributed by atoms with Crippen molar-refractivity contribution in [1.29, 1.82) is 0 Å². The van der Waals surface area contributed by atoms with Crippen molar-refractivity contribution in [3.63, 3.8) is 0 Å². The zero-order chi connectivity index (χ0) is 11.9. The summed E-state index contributed by atoms with van der Waals surface area (Å²) in [6, 6.07) is 4.13. The molecule has 3 atom stereocenters. The summed E-state index contributed by atoms with van der Waals surface area (Å²) in [6.45, 7) is 0.898. The Bertz CT molecular complexity index is 434. The second-order valence-corrected chi connectivity index (χ2v) is 5.21. The van der Waals surface area contributed by atoms with Crippen LogP contribution in [-0.4, -0.2) is 23.0 Å². The first-order valence-electron chi connectivity index (χ1n) is 6.15. The van der Waals surface area contributed by atoms with Crippen LogP contribution < -0.4 is 11.1 Å². The molecule has 90 valence electrons. The second kappa shape index (κ2) is 3.81. The average molecular weight is 231 g/mol. The summed E-state index contributed by atoms with van der Waals surface area (Å²) < 4.78 is 0. The van der Waals surface area contributed by atoms with Gasteiger partial charge in [-0.05, 0) is 43.5 Å². The molecule has 1 aromatic rings. The number of nitrogens with two attached hydrogens (primary N) is 1. The predicted octanol–water partition coefficient (Wildman–Crippen LogP) is 0.793. The van der Waals surface area contributed by atoms with Crippen LogP contribution in [0.15, 0.2) is 24.5 Å². The third-order valence-corrected chi connectivity index (χ3v) is 4.17. The molecule has 17 heavy (non-hydrogen) atoms. The first-order valence-corrected chi connectivity index (χ1v) is 6.15. The Balaban J connectivity index is 1.75. The highest BCUT2D eigenvalue weighted by Crippen LogP contribution is 2.56. The van der Waals surface area contributed by atoms with Crippen molar-refractivity contribution in [3.05, 3.63) is 30.1 Å². The Morgan fingerprint density at radius 3 is 2.88 bits per heavy atom. The molecule has 3 unspecified atom stereocenters. The minimum absolute atomic E-state index is 0.0445. The van der Waals surface area contributed by atoms with Crippen LogP contribution in [0.4, 0.5) is 0 Å². The van der Waals surface area contributed by atoms with Gasteiger partial charge in [0.1, 0.15) is 0 Å². The van der Waals surface area contributed by atoms with Crippen LogP contribution in [0.5, 0.6) is 0 Å². The van der Waals surface area contributed by atoms with Gasteiger partial charge in [-0.15, -0.1) is 0 Å². The smallest absolute Gasteiger partial charge is 0.220 e. The molecular weight excluding hydrogens is 214 g/mol. The predicted molar refractivity (Wildman–Crippen MR) is 64.2 cm³/mol. The summed E-state index contributed by atoms with van der Waals surface area (Å²) in [5.41, 5.74) is 6.87. The van der Waals surface area contributed by atoms with E-state index in [0.717, 1.165) is 25.8 Å². The van der Waals surface area contributed by atoms with E-state index in [4.69, 9.17) is 5.73 Å². The highest BCUT2D eigenvalue weighted by atomic mass is 16.1. The van der Waals surface area contributed by atoms with E-state index in [-0.39, 0.29) is 17.4 Å². The summed E-state index contributed by atoms with van der Waals surface area (Å²) in [5, 5.41) is 3.57. The monoisotopic (exact) mass is 231 g/mol. The Hall–Kier alpha value is -1.42. The molecule has 2 heterocycles. The van der Waals surface area contributed by atoms with Crippen LogP contribution in [0.1, 0.15) is 30.7 Å². The van der Waals surface area contributed by atoms with Gasteiger partial charge in [-0.3, -0.25) is 9.78 Å². The molecule has 3 N–H and O–H groups in total. The number of hydrogen-bond acceptors (Lipinski definition) is 3. The van der Waals surface area contributed by atoms with Crippen LogP contribution in [0.25, 0.3) is 0 Å². The van der Waals surface area contributed by atoms with Crippen molar-refractivity contribution < 1.29 is 4.79 Å².